The third kappa shape index (κ3) is 3.44. The van der Waals surface area contributed by atoms with Gasteiger partial charge < -0.3 is 14.6 Å². The van der Waals surface area contributed by atoms with Crippen LogP contribution in [0.4, 0.5) is 16.2 Å². The minimum Gasteiger partial charge on any atom is -0.494 e. The highest BCUT2D eigenvalue weighted by molar-refractivity contribution is 6.03. The van der Waals surface area contributed by atoms with Gasteiger partial charge in [0.05, 0.1) is 6.61 Å². The van der Waals surface area contributed by atoms with Gasteiger partial charge in [-0.2, -0.15) is 4.98 Å². The number of hydrogen-bond donors (Lipinski definition) is 1. The van der Waals surface area contributed by atoms with Crippen LogP contribution in [0, 0.1) is 0 Å². The Kier molecular flexibility index (Phi) is 4.42. The number of fused-ring (bicyclic) bond motifs is 1. The van der Waals surface area contributed by atoms with Crippen LogP contribution in [0.25, 0.3) is 0 Å². The summed E-state index contributed by atoms with van der Waals surface area (Å²) in [5.74, 6) is 2.42. The molecule has 0 radical (unpaired) electrons. The molecule has 1 aliphatic carbocycles. The zero-order chi connectivity index (χ0) is 19.8. The molecule has 1 aliphatic heterocycles. The smallest absolute Gasteiger partial charge is 0.327 e. The standard InChI is InChI=1S/C22H22N4O3/c1-2-28-17-11-9-16(10-12-17)23-22(27)26-18-6-4-3-5-15(18)13-19(26)21-24-20(25-29-21)14-7-8-14/h3-6,9-12,14,19H,2,7-8,13H2,1H3,(H,23,27). The second-order valence-corrected chi connectivity index (χ2v) is 7.37. The molecule has 148 valence electrons. The summed E-state index contributed by atoms with van der Waals surface area (Å²) in [7, 11) is 0. The summed E-state index contributed by atoms with van der Waals surface area (Å²) in [4.78, 5) is 19.5. The fraction of sp³-hybridized carbons (Fsp3) is 0.318. The molecule has 1 saturated carbocycles. The van der Waals surface area contributed by atoms with Crippen molar-refractivity contribution in [3.63, 3.8) is 0 Å². The molecule has 1 fully saturated rings. The first-order chi connectivity index (χ1) is 14.2. The number of nitrogens with one attached hydrogen (secondary N) is 1. The maximum absolute atomic E-state index is 13.2. The van der Waals surface area contributed by atoms with E-state index in [4.69, 9.17) is 9.26 Å². The molecule has 1 N–H and O–H groups in total. The molecule has 1 unspecified atom stereocenters. The van der Waals surface area contributed by atoms with Gasteiger partial charge in [-0.05, 0) is 55.7 Å². The zero-order valence-electron chi connectivity index (χ0n) is 16.2. The van der Waals surface area contributed by atoms with Gasteiger partial charge in [-0.3, -0.25) is 4.90 Å². The monoisotopic (exact) mass is 390 g/mol. The van der Waals surface area contributed by atoms with E-state index in [1.165, 1.54) is 0 Å². The van der Waals surface area contributed by atoms with E-state index < -0.39 is 0 Å². The summed E-state index contributed by atoms with van der Waals surface area (Å²) in [5, 5.41) is 7.11. The van der Waals surface area contributed by atoms with E-state index in [9.17, 15) is 4.79 Å². The molecule has 2 aromatic carbocycles. The summed E-state index contributed by atoms with van der Waals surface area (Å²) in [6.45, 7) is 2.54. The third-order valence-corrected chi connectivity index (χ3v) is 5.30. The van der Waals surface area contributed by atoms with Crippen molar-refractivity contribution in [2.24, 2.45) is 0 Å². The Morgan fingerprint density at radius 2 is 2.00 bits per heavy atom. The second-order valence-electron chi connectivity index (χ2n) is 7.37. The van der Waals surface area contributed by atoms with E-state index in [0.29, 0.717) is 30.5 Å². The quantitative estimate of drug-likeness (QED) is 0.684. The average molecular weight is 390 g/mol. The Hall–Kier alpha value is -3.35. The molecule has 3 aromatic rings. The fourth-order valence-electron chi connectivity index (χ4n) is 3.71. The predicted molar refractivity (Wildman–Crippen MR) is 108 cm³/mol. The summed E-state index contributed by atoms with van der Waals surface area (Å²) >= 11 is 0. The highest BCUT2D eigenvalue weighted by Crippen LogP contribution is 2.42. The number of nitrogens with zero attached hydrogens (tertiary/aromatic N) is 3. The molecule has 0 bridgehead atoms. The van der Waals surface area contributed by atoms with Crippen LogP contribution in [-0.2, 0) is 6.42 Å². The van der Waals surface area contributed by atoms with Gasteiger partial charge in [0, 0.05) is 23.7 Å². The first-order valence-corrected chi connectivity index (χ1v) is 9.97. The number of anilines is 2. The number of urea groups is 1. The van der Waals surface area contributed by atoms with Crippen LogP contribution in [0.2, 0.25) is 0 Å². The molecular formula is C22H22N4O3. The molecule has 5 rings (SSSR count). The minimum absolute atomic E-state index is 0.227. The van der Waals surface area contributed by atoms with Crippen molar-refractivity contribution in [1.29, 1.82) is 0 Å². The maximum Gasteiger partial charge on any atom is 0.327 e. The van der Waals surface area contributed by atoms with E-state index in [1.807, 2.05) is 55.5 Å². The number of amides is 2. The van der Waals surface area contributed by atoms with E-state index in [1.54, 1.807) is 4.90 Å². The van der Waals surface area contributed by atoms with Gasteiger partial charge in [-0.25, -0.2) is 4.79 Å². The highest BCUT2D eigenvalue weighted by atomic mass is 16.5. The Morgan fingerprint density at radius 1 is 1.21 bits per heavy atom. The average Bonchev–Trinajstić information content (AvgIpc) is 3.33. The molecule has 2 amide bonds. The van der Waals surface area contributed by atoms with Gasteiger partial charge in [0.1, 0.15) is 11.8 Å². The first-order valence-electron chi connectivity index (χ1n) is 9.97. The number of aromatic nitrogens is 2. The van der Waals surface area contributed by atoms with Crippen LogP contribution in [0.3, 0.4) is 0 Å². The lowest BCUT2D eigenvalue weighted by Crippen LogP contribution is -2.36. The van der Waals surface area contributed by atoms with Crippen molar-refractivity contribution in [3.05, 3.63) is 65.8 Å². The lowest BCUT2D eigenvalue weighted by Gasteiger charge is -2.23. The van der Waals surface area contributed by atoms with Crippen molar-refractivity contribution in [2.45, 2.75) is 38.1 Å². The zero-order valence-corrected chi connectivity index (χ0v) is 16.2. The summed E-state index contributed by atoms with van der Waals surface area (Å²) in [5.41, 5.74) is 2.66. The maximum atomic E-state index is 13.2. The van der Waals surface area contributed by atoms with Gasteiger partial charge in [0.15, 0.2) is 5.82 Å². The van der Waals surface area contributed by atoms with Crippen molar-refractivity contribution in [2.75, 3.05) is 16.8 Å². The largest absolute Gasteiger partial charge is 0.494 e. The second kappa shape index (κ2) is 7.24. The Balaban J connectivity index is 1.41. The van der Waals surface area contributed by atoms with Gasteiger partial charge in [-0.1, -0.05) is 23.4 Å². The summed E-state index contributed by atoms with van der Waals surface area (Å²) in [6.07, 6.45) is 2.86. The van der Waals surface area contributed by atoms with Gasteiger partial charge in [-0.15, -0.1) is 0 Å². The van der Waals surface area contributed by atoms with Crippen LogP contribution in [0.5, 0.6) is 5.75 Å². The molecule has 0 spiro atoms. The normalized spacial score (nSPS) is 17.8. The molecule has 7 heteroatoms. The molecule has 29 heavy (non-hydrogen) atoms. The van der Waals surface area contributed by atoms with E-state index in [-0.39, 0.29) is 12.1 Å². The molecule has 0 saturated heterocycles. The van der Waals surface area contributed by atoms with Crippen molar-refractivity contribution in [1.82, 2.24) is 10.1 Å². The van der Waals surface area contributed by atoms with Crippen molar-refractivity contribution in [3.8, 4) is 5.75 Å². The van der Waals surface area contributed by atoms with Gasteiger partial charge in [0.2, 0.25) is 5.89 Å². The van der Waals surface area contributed by atoms with Crippen molar-refractivity contribution < 1.29 is 14.1 Å². The number of para-hydroxylation sites is 1. The van der Waals surface area contributed by atoms with Crippen LogP contribution in [0.15, 0.2) is 53.1 Å². The van der Waals surface area contributed by atoms with E-state index in [0.717, 1.165) is 35.7 Å². The van der Waals surface area contributed by atoms with Crippen LogP contribution >= 0.6 is 0 Å². The lowest BCUT2D eigenvalue weighted by atomic mass is 10.1. The van der Waals surface area contributed by atoms with E-state index in [2.05, 4.69) is 15.5 Å². The topological polar surface area (TPSA) is 80.5 Å². The van der Waals surface area contributed by atoms with Crippen LogP contribution < -0.4 is 15.0 Å². The number of rotatable bonds is 5. The van der Waals surface area contributed by atoms with Gasteiger partial charge >= 0.3 is 6.03 Å². The molecule has 2 heterocycles. The number of carbonyl (C=O) groups is 1. The molecule has 2 aliphatic rings. The predicted octanol–water partition coefficient (Wildman–Crippen LogP) is 4.68. The number of carbonyl (C=O) groups excluding carboxylic acids is 1. The molecule has 1 aromatic heterocycles. The molecule has 1 atom stereocenters. The highest BCUT2D eigenvalue weighted by Gasteiger charge is 2.39. The van der Waals surface area contributed by atoms with Crippen LogP contribution in [-0.4, -0.2) is 22.8 Å². The molecule has 7 nitrogen and oxygen atoms in total. The Morgan fingerprint density at radius 3 is 2.76 bits per heavy atom. The van der Waals surface area contributed by atoms with Crippen LogP contribution in [0.1, 0.15) is 49.0 Å². The van der Waals surface area contributed by atoms with Gasteiger partial charge in [0.25, 0.3) is 0 Å². The summed E-state index contributed by atoms with van der Waals surface area (Å²) < 4.78 is 11.0. The Bertz CT molecular complexity index is 1030. The summed E-state index contributed by atoms with van der Waals surface area (Å²) in [6, 6.07) is 14.7. The van der Waals surface area contributed by atoms with Crippen molar-refractivity contribution >= 4 is 17.4 Å². The first kappa shape index (κ1) is 17.7. The number of benzene rings is 2. The van der Waals surface area contributed by atoms with E-state index >= 15 is 0 Å². The third-order valence-electron chi connectivity index (χ3n) is 5.30. The number of ether oxygens (including phenoxy) is 1. The molecular weight excluding hydrogens is 368 g/mol. The SMILES string of the molecule is CCOc1ccc(NC(=O)N2c3ccccc3CC2c2nc(C3CC3)no2)cc1. The number of hydrogen-bond acceptors (Lipinski definition) is 5. The Labute approximate surface area is 168 Å². The fourth-order valence-corrected chi connectivity index (χ4v) is 3.71. The minimum atomic E-state index is -0.310. The lowest BCUT2D eigenvalue weighted by molar-refractivity contribution is 0.253.